The molecule has 2 rings (SSSR count). The Kier molecular flexibility index (Phi) is 12.5. The minimum Gasteiger partial charge on any atom is -0.397 e. The van der Waals surface area contributed by atoms with Gasteiger partial charge in [-0.05, 0) is 12.1 Å². The Labute approximate surface area is 208 Å². The second kappa shape index (κ2) is 15.6. The third kappa shape index (κ3) is 9.33. The summed E-state index contributed by atoms with van der Waals surface area (Å²) < 4.78 is 0. The molecule has 36 heavy (non-hydrogen) atoms. The molecular formula is C22H34N8O6. The molecule has 0 fully saturated rings. The first-order valence-corrected chi connectivity index (χ1v) is 11.3. The second-order valence-electron chi connectivity index (χ2n) is 7.71. The monoisotopic (exact) mass is 506 g/mol. The Balaban J connectivity index is 2.17. The number of carbonyl (C=O) groups excluding carboxylic acids is 2. The number of aliphatic hydroxyl groups excluding tert-OH is 4. The van der Waals surface area contributed by atoms with Gasteiger partial charge in [-0.25, -0.2) is 4.98 Å². The number of hydrogen-bond donors (Lipinski definition) is 8. The van der Waals surface area contributed by atoms with Gasteiger partial charge < -0.3 is 42.1 Å². The molecule has 0 radical (unpaired) electrons. The third-order valence-electron chi connectivity index (χ3n) is 5.00. The highest BCUT2D eigenvalue weighted by Crippen LogP contribution is 2.31. The number of carbonyl (C=O) groups is 2. The van der Waals surface area contributed by atoms with Crippen LogP contribution in [0.3, 0.4) is 0 Å². The summed E-state index contributed by atoms with van der Waals surface area (Å²) in [5.74, 6) is -0.579. The van der Waals surface area contributed by atoms with Crippen LogP contribution in [-0.4, -0.2) is 118 Å². The maximum absolute atomic E-state index is 12.6. The molecule has 0 saturated carbocycles. The van der Waals surface area contributed by atoms with Gasteiger partial charge in [0.05, 0.1) is 62.8 Å². The number of amides is 2. The molecule has 2 heterocycles. The summed E-state index contributed by atoms with van der Waals surface area (Å²) in [7, 11) is 0. The van der Waals surface area contributed by atoms with E-state index in [2.05, 4.69) is 25.9 Å². The Morgan fingerprint density at radius 2 is 1.36 bits per heavy atom. The SMILES string of the molecule is Nc1ccnc(Nc2cnccc2NC(=O)CN(CCO)CCO)c1NC(=O)CN(CCO)CCO. The van der Waals surface area contributed by atoms with Crippen LogP contribution in [0.2, 0.25) is 0 Å². The molecule has 0 spiro atoms. The first-order chi connectivity index (χ1) is 17.4. The topological polar surface area (TPSA) is 209 Å². The zero-order chi connectivity index (χ0) is 26.3. The van der Waals surface area contributed by atoms with Gasteiger partial charge in [0.25, 0.3) is 0 Å². The largest absolute Gasteiger partial charge is 0.397 e. The summed E-state index contributed by atoms with van der Waals surface area (Å²) in [4.78, 5) is 36.7. The van der Waals surface area contributed by atoms with Crippen molar-refractivity contribution in [2.75, 3.05) is 87.4 Å². The summed E-state index contributed by atoms with van der Waals surface area (Å²) in [6, 6.07) is 3.09. The van der Waals surface area contributed by atoms with Crippen LogP contribution in [0.4, 0.5) is 28.6 Å². The Hall–Kier alpha value is -3.40. The van der Waals surface area contributed by atoms with Gasteiger partial charge in [0.1, 0.15) is 5.69 Å². The van der Waals surface area contributed by atoms with Crippen molar-refractivity contribution in [1.82, 2.24) is 19.8 Å². The first kappa shape index (κ1) is 28.8. The van der Waals surface area contributed by atoms with E-state index in [1.807, 2.05) is 0 Å². The van der Waals surface area contributed by atoms with E-state index in [1.54, 1.807) is 15.9 Å². The average Bonchev–Trinajstić information content (AvgIpc) is 2.83. The van der Waals surface area contributed by atoms with Gasteiger partial charge >= 0.3 is 0 Å². The number of aliphatic hydroxyl groups is 4. The number of pyridine rings is 2. The van der Waals surface area contributed by atoms with Crippen LogP contribution in [0.15, 0.2) is 30.7 Å². The predicted molar refractivity (Wildman–Crippen MR) is 135 cm³/mol. The van der Waals surface area contributed by atoms with Crippen LogP contribution >= 0.6 is 0 Å². The summed E-state index contributed by atoms with van der Waals surface area (Å²) in [6.07, 6.45) is 4.41. The third-order valence-corrected chi connectivity index (χ3v) is 5.00. The van der Waals surface area contributed by atoms with E-state index < -0.39 is 5.91 Å². The molecule has 14 nitrogen and oxygen atoms in total. The second-order valence-corrected chi connectivity index (χ2v) is 7.71. The van der Waals surface area contributed by atoms with Crippen LogP contribution in [0, 0.1) is 0 Å². The van der Waals surface area contributed by atoms with E-state index in [0.717, 1.165) is 0 Å². The minimum atomic E-state index is -0.424. The number of nitrogen functional groups attached to an aromatic ring is 1. The van der Waals surface area contributed by atoms with Crippen LogP contribution in [-0.2, 0) is 9.59 Å². The zero-order valence-electron chi connectivity index (χ0n) is 19.9. The fourth-order valence-electron chi connectivity index (χ4n) is 3.31. The zero-order valence-corrected chi connectivity index (χ0v) is 19.9. The lowest BCUT2D eigenvalue weighted by molar-refractivity contribution is -0.118. The van der Waals surface area contributed by atoms with Gasteiger partial charge in [-0.2, -0.15) is 0 Å². The van der Waals surface area contributed by atoms with Crippen molar-refractivity contribution in [3.63, 3.8) is 0 Å². The summed E-state index contributed by atoms with van der Waals surface area (Å²) >= 11 is 0. The Morgan fingerprint density at radius 3 is 1.92 bits per heavy atom. The maximum atomic E-state index is 12.6. The van der Waals surface area contributed by atoms with E-state index in [1.165, 1.54) is 24.7 Å². The van der Waals surface area contributed by atoms with Crippen LogP contribution in [0.1, 0.15) is 0 Å². The lowest BCUT2D eigenvalue weighted by atomic mass is 10.2. The van der Waals surface area contributed by atoms with Crippen molar-refractivity contribution < 1.29 is 30.0 Å². The summed E-state index contributed by atoms with van der Waals surface area (Å²) in [6.45, 7) is 0.151. The van der Waals surface area contributed by atoms with E-state index >= 15 is 0 Å². The van der Waals surface area contributed by atoms with Gasteiger partial charge in [-0.15, -0.1) is 0 Å². The highest BCUT2D eigenvalue weighted by Gasteiger charge is 2.17. The van der Waals surface area contributed by atoms with E-state index in [9.17, 15) is 9.59 Å². The van der Waals surface area contributed by atoms with Gasteiger partial charge in [0.2, 0.25) is 11.8 Å². The molecule has 198 valence electrons. The predicted octanol–water partition coefficient (Wildman–Crippen LogP) is -1.75. The number of nitrogens with zero attached hydrogens (tertiary/aromatic N) is 4. The molecule has 14 heteroatoms. The Morgan fingerprint density at radius 1 is 0.806 bits per heavy atom. The molecule has 0 atom stereocenters. The van der Waals surface area contributed by atoms with Crippen molar-refractivity contribution in [2.45, 2.75) is 0 Å². The highest BCUT2D eigenvalue weighted by atomic mass is 16.3. The number of rotatable bonds is 16. The van der Waals surface area contributed by atoms with Crippen molar-refractivity contribution in [3.05, 3.63) is 30.7 Å². The van der Waals surface area contributed by atoms with Gasteiger partial charge in [0, 0.05) is 38.6 Å². The molecule has 0 aliphatic heterocycles. The summed E-state index contributed by atoms with van der Waals surface area (Å²) in [5, 5.41) is 45.1. The van der Waals surface area contributed by atoms with Crippen molar-refractivity contribution in [1.29, 1.82) is 0 Å². The molecule has 0 aliphatic rings. The van der Waals surface area contributed by atoms with Crippen LogP contribution in [0.25, 0.3) is 0 Å². The quantitative estimate of drug-likeness (QED) is 0.127. The molecule has 0 unspecified atom stereocenters. The lowest BCUT2D eigenvalue weighted by Crippen LogP contribution is -2.37. The van der Waals surface area contributed by atoms with Gasteiger partial charge in [-0.1, -0.05) is 0 Å². The number of nitrogens with one attached hydrogen (secondary N) is 3. The van der Waals surface area contributed by atoms with Crippen molar-refractivity contribution >= 4 is 40.4 Å². The lowest BCUT2D eigenvalue weighted by Gasteiger charge is -2.21. The highest BCUT2D eigenvalue weighted by molar-refractivity contribution is 6.00. The molecule has 2 aromatic heterocycles. The number of hydrogen-bond acceptors (Lipinski definition) is 12. The first-order valence-electron chi connectivity index (χ1n) is 11.3. The van der Waals surface area contributed by atoms with Crippen LogP contribution < -0.4 is 21.7 Å². The van der Waals surface area contributed by atoms with Crippen molar-refractivity contribution in [3.8, 4) is 0 Å². The molecule has 9 N–H and O–H groups in total. The van der Waals surface area contributed by atoms with E-state index in [4.69, 9.17) is 26.2 Å². The number of nitrogens with two attached hydrogens (primary N) is 1. The summed E-state index contributed by atoms with van der Waals surface area (Å²) in [5.41, 5.74) is 7.32. The van der Waals surface area contributed by atoms with Gasteiger partial charge in [0.15, 0.2) is 5.82 Å². The fraction of sp³-hybridized carbons (Fsp3) is 0.455. The average molecular weight is 507 g/mol. The molecule has 2 aromatic rings. The Bertz CT molecular complexity index is 967. The standard InChI is InChI=1S/C22H34N8O6/c23-16-1-4-25-22(21(16)28-20(36)15-30(7-11-33)8-12-34)27-18-13-24-3-2-17(18)26-19(35)14-29(5-9-31)6-10-32/h1-4,13,31-34H,5-12,14-15H2,(H,28,36)(H3,23,25,27)(H,24,26,35). The van der Waals surface area contributed by atoms with Crippen molar-refractivity contribution in [2.24, 2.45) is 0 Å². The maximum Gasteiger partial charge on any atom is 0.238 e. The molecular weight excluding hydrogens is 472 g/mol. The van der Waals surface area contributed by atoms with Gasteiger partial charge in [-0.3, -0.25) is 24.4 Å². The van der Waals surface area contributed by atoms with E-state index in [-0.39, 0.29) is 88.8 Å². The number of anilines is 5. The minimum absolute atomic E-state index is 0.0428. The van der Waals surface area contributed by atoms with E-state index in [0.29, 0.717) is 11.4 Å². The van der Waals surface area contributed by atoms with Crippen LogP contribution in [0.5, 0.6) is 0 Å². The number of aromatic nitrogens is 2. The molecule has 0 bridgehead atoms. The fourth-order valence-corrected chi connectivity index (χ4v) is 3.31. The molecule has 0 aliphatic carbocycles. The normalized spacial score (nSPS) is 11.1. The molecule has 0 aromatic carbocycles. The molecule has 2 amide bonds. The molecule has 0 saturated heterocycles. The smallest absolute Gasteiger partial charge is 0.238 e.